The van der Waals surface area contributed by atoms with Gasteiger partial charge in [-0.3, -0.25) is 0 Å². The smallest absolute Gasteiger partial charge is 0.0503 e. The van der Waals surface area contributed by atoms with Gasteiger partial charge in [-0.2, -0.15) is 0 Å². The van der Waals surface area contributed by atoms with E-state index < -0.39 is 0 Å². The van der Waals surface area contributed by atoms with E-state index in [1.807, 2.05) is 0 Å². The fourth-order valence-corrected chi connectivity index (χ4v) is 3.70. The van der Waals surface area contributed by atoms with Crippen LogP contribution in [0.2, 0.25) is 0 Å². The van der Waals surface area contributed by atoms with Crippen LogP contribution in [0.4, 0.5) is 0 Å². The molecule has 1 aliphatic carbocycles. The Morgan fingerprint density at radius 1 is 0.591 bits per heavy atom. The predicted octanol–water partition coefficient (Wildman–Crippen LogP) is 4.83. The van der Waals surface area contributed by atoms with Crippen LogP contribution in [0.3, 0.4) is 0 Å². The number of allylic oxidation sites excluding steroid dienone is 8. The van der Waals surface area contributed by atoms with Gasteiger partial charge in [0.25, 0.3) is 0 Å². The van der Waals surface area contributed by atoms with Gasteiger partial charge in [0.15, 0.2) is 0 Å². The molecule has 0 saturated heterocycles. The van der Waals surface area contributed by atoms with E-state index in [0.29, 0.717) is 0 Å². The Balaban J connectivity index is 2.00. The molecule has 2 N–H and O–H groups in total. The highest BCUT2D eigenvalue weighted by molar-refractivity contribution is 5.37. The molecule has 2 heterocycles. The van der Waals surface area contributed by atoms with Gasteiger partial charge in [0.2, 0.25) is 0 Å². The molecule has 0 aromatic heterocycles. The molecule has 0 atom stereocenters. The van der Waals surface area contributed by atoms with Crippen molar-refractivity contribution in [1.29, 1.82) is 0 Å². The maximum atomic E-state index is 3.55. The average Bonchev–Trinajstić information content (AvgIpc) is 2.93. The summed E-state index contributed by atoms with van der Waals surface area (Å²) in [5.41, 5.74) is 2.71. The molecule has 2 aliphatic heterocycles. The number of hydrogen-bond donors (Lipinski definition) is 2. The van der Waals surface area contributed by atoms with Crippen molar-refractivity contribution in [3.63, 3.8) is 0 Å². The minimum absolute atomic E-state index is 0.0679. The molecule has 1 fully saturated rings. The Morgan fingerprint density at radius 2 is 1.09 bits per heavy atom. The van der Waals surface area contributed by atoms with Gasteiger partial charge in [-0.1, -0.05) is 56.4 Å². The zero-order valence-corrected chi connectivity index (χ0v) is 13.2. The van der Waals surface area contributed by atoms with Crippen LogP contribution in [0.5, 0.6) is 0 Å². The van der Waals surface area contributed by atoms with E-state index in [1.54, 1.807) is 0 Å². The number of nitrogens with one attached hydrogen (secondary N) is 2. The quantitative estimate of drug-likeness (QED) is 0.762. The second-order valence-corrected chi connectivity index (χ2v) is 6.29. The molecule has 0 amide bonds. The molecule has 3 rings (SSSR count). The minimum atomic E-state index is 0.0679. The Bertz CT molecular complexity index is 508. The molecule has 116 valence electrons. The first-order valence-electron chi connectivity index (χ1n) is 8.53. The zero-order chi connectivity index (χ0) is 15.1. The average molecular weight is 294 g/mol. The van der Waals surface area contributed by atoms with Crippen molar-refractivity contribution < 1.29 is 0 Å². The summed E-state index contributed by atoms with van der Waals surface area (Å²) in [7, 11) is 0. The molecule has 1 saturated carbocycles. The predicted molar refractivity (Wildman–Crippen MR) is 93.7 cm³/mol. The van der Waals surface area contributed by atoms with E-state index in [0.717, 1.165) is 0 Å². The summed E-state index contributed by atoms with van der Waals surface area (Å²) >= 11 is 0. The van der Waals surface area contributed by atoms with Crippen LogP contribution in [0.1, 0.15) is 44.9 Å². The van der Waals surface area contributed by atoms with Gasteiger partial charge in [-0.25, -0.2) is 0 Å². The van der Waals surface area contributed by atoms with E-state index in [1.165, 1.54) is 56.3 Å². The van der Waals surface area contributed by atoms with E-state index in [9.17, 15) is 0 Å². The third kappa shape index (κ3) is 3.27. The summed E-state index contributed by atoms with van der Waals surface area (Å²) < 4.78 is 0. The van der Waals surface area contributed by atoms with E-state index >= 15 is 0 Å². The Morgan fingerprint density at radius 3 is 1.64 bits per heavy atom. The lowest BCUT2D eigenvalue weighted by Crippen LogP contribution is -2.36. The van der Waals surface area contributed by atoms with Crippen LogP contribution < -0.4 is 10.6 Å². The summed E-state index contributed by atoms with van der Waals surface area (Å²) in [6, 6.07) is 0. The summed E-state index contributed by atoms with van der Waals surface area (Å²) in [5, 5.41) is 7.09. The summed E-state index contributed by atoms with van der Waals surface area (Å²) in [5.74, 6) is 0. The molecule has 3 aliphatic rings. The topological polar surface area (TPSA) is 24.1 Å². The second kappa shape index (κ2) is 7.35. The molecule has 0 aromatic carbocycles. The molecule has 0 bridgehead atoms. The first-order chi connectivity index (χ1) is 10.9. The van der Waals surface area contributed by atoms with Gasteiger partial charge in [-0.05, 0) is 37.1 Å². The van der Waals surface area contributed by atoms with Crippen LogP contribution in [-0.2, 0) is 0 Å². The van der Waals surface area contributed by atoms with Crippen molar-refractivity contribution in [2.75, 3.05) is 0 Å². The largest absolute Gasteiger partial charge is 0.364 e. The Kier molecular flexibility index (Phi) is 4.99. The van der Waals surface area contributed by atoms with Crippen molar-refractivity contribution in [2.24, 2.45) is 5.41 Å². The normalized spacial score (nSPS) is 24.0. The zero-order valence-electron chi connectivity index (χ0n) is 13.2. The van der Waals surface area contributed by atoms with E-state index in [-0.39, 0.29) is 5.41 Å². The standard InChI is InChI=1S/C20H26N2/c1-2-8-14-20(15-9-3-1,18-12-6-4-10-16-21-18)19-13-7-5-11-17-22-19/h4-7,10-13,16-17,21-22H,1-3,8-9,14-15H2. The lowest BCUT2D eigenvalue weighted by molar-refractivity contribution is 0.291. The molecule has 2 heteroatoms. The fraction of sp³-hybridized carbons (Fsp3) is 0.400. The highest BCUT2D eigenvalue weighted by atomic mass is 14.9. The molecular formula is C20H26N2. The molecule has 22 heavy (non-hydrogen) atoms. The Labute approximate surface area is 134 Å². The lowest BCUT2D eigenvalue weighted by Gasteiger charge is -2.39. The van der Waals surface area contributed by atoms with Gasteiger partial charge >= 0.3 is 0 Å². The van der Waals surface area contributed by atoms with Gasteiger partial charge in [0.05, 0.1) is 5.41 Å². The molecule has 0 spiro atoms. The van der Waals surface area contributed by atoms with Crippen LogP contribution in [0.15, 0.2) is 72.4 Å². The number of hydrogen-bond acceptors (Lipinski definition) is 2. The van der Waals surface area contributed by atoms with Gasteiger partial charge < -0.3 is 10.6 Å². The molecule has 0 unspecified atom stereocenters. The van der Waals surface area contributed by atoms with E-state index in [2.05, 4.69) is 71.6 Å². The summed E-state index contributed by atoms with van der Waals surface area (Å²) in [6.45, 7) is 0. The van der Waals surface area contributed by atoms with Gasteiger partial charge in [0, 0.05) is 23.8 Å². The second-order valence-electron chi connectivity index (χ2n) is 6.29. The van der Waals surface area contributed by atoms with Gasteiger partial charge in [0.1, 0.15) is 0 Å². The van der Waals surface area contributed by atoms with Crippen molar-refractivity contribution in [2.45, 2.75) is 44.9 Å². The Hall–Kier alpha value is -1.96. The van der Waals surface area contributed by atoms with Crippen LogP contribution >= 0.6 is 0 Å². The van der Waals surface area contributed by atoms with Crippen LogP contribution in [0.25, 0.3) is 0 Å². The first kappa shape index (κ1) is 15.0. The SMILES string of the molecule is C1=CC=C(C2(C3=CC=CC=CN3)CCCCCCC2)NC=C1. The molecular weight excluding hydrogens is 268 g/mol. The van der Waals surface area contributed by atoms with Crippen molar-refractivity contribution >= 4 is 0 Å². The summed E-state index contributed by atoms with van der Waals surface area (Å²) in [6.07, 6.45) is 30.3. The van der Waals surface area contributed by atoms with Crippen molar-refractivity contribution in [1.82, 2.24) is 10.6 Å². The van der Waals surface area contributed by atoms with Crippen LogP contribution in [0, 0.1) is 5.41 Å². The molecule has 0 aromatic rings. The highest BCUT2D eigenvalue weighted by Crippen LogP contribution is 2.45. The van der Waals surface area contributed by atoms with Crippen LogP contribution in [-0.4, -0.2) is 0 Å². The lowest BCUT2D eigenvalue weighted by atomic mass is 9.70. The third-order valence-electron chi connectivity index (χ3n) is 4.88. The maximum absolute atomic E-state index is 3.55. The first-order valence-corrected chi connectivity index (χ1v) is 8.53. The minimum Gasteiger partial charge on any atom is -0.364 e. The molecule has 0 radical (unpaired) electrons. The fourth-order valence-electron chi connectivity index (χ4n) is 3.70. The van der Waals surface area contributed by atoms with Crippen molar-refractivity contribution in [3.05, 3.63) is 72.4 Å². The van der Waals surface area contributed by atoms with E-state index in [4.69, 9.17) is 0 Å². The maximum Gasteiger partial charge on any atom is 0.0503 e. The monoisotopic (exact) mass is 294 g/mol. The summed E-state index contributed by atoms with van der Waals surface area (Å²) in [4.78, 5) is 0. The van der Waals surface area contributed by atoms with Crippen molar-refractivity contribution in [3.8, 4) is 0 Å². The number of rotatable bonds is 2. The molecule has 2 nitrogen and oxygen atoms in total. The highest BCUT2D eigenvalue weighted by Gasteiger charge is 2.37. The third-order valence-corrected chi connectivity index (χ3v) is 4.88. The van der Waals surface area contributed by atoms with Gasteiger partial charge in [-0.15, -0.1) is 0 Å².